The lowest BCUT2D eigenvalue weighted by Gasteiger charge is -2.33. The summed E-state index contributed by atoms with van der Waals surface area (Å²) in [5.74, 6) is -0.0427. The van der Waals surface area contributed by atoms with Crippen molar-refractivity contribution < 1.29 is 13.2 Å². The molecule has 1 saturated heterocycles. The van der Waals surface area contributed by atoms with E-state index in [4.69, 9.17) is 0 Å². The largest absolute Gasteiger partial charge is 0.336 e. The summed E-state index contributed by atoms with van der Waals surface area (Å²) in [6.45, 7) is 1.58. The molecule has 1 aliphatic heterocycles. The van der Waals surface area contributed by atoms with Crippen molar-refractivity contribution in [2.75, 3.05) is 32.4 Å². The highest BCUT2D eigenvalue weighted by Gasteiger charge is 2.26. The molecule has 0 bridgehead atoms. The fourth-order valence-electron chi connectivity index (χ4n) is 2.73. The number of amides is 1. The van der Waals surface area contributed by atoms with E-state index in [0.717, 1.165) is 10.8 Å². The minimum atomic E-state index is -3.17. The van der Waals surface area contributed by atoms with Gasteiger partial charge in [0.1, 0.15) is 0 Å². The minimum Gasteiger partial charge on any atom is -0.336 e. The third-order valence-corrected chi connectivity index (χ3v) is 5.29. The first kappa shape index (κ1) is 15.0. The SMILES string of the molecule is CS(=O)(=O)N1CCN(C(=O)c2ccc3ccccc3c2)CC1. The van der Waals surface area contributed by atoms with E-state index >= 15 is 0 Å². The van der Waals surface area contributed by atoms with Crippen molar-refractivity contribution in [3.63, 3.8) is 0 Å². The van der Waals surface area contributed by atoms with Crippen molar-refractivity contribution in [2.45, 2.75) is 0 Å². The number of hydrogen-bond acceptors (Lipinski definition) is 3. The predicted molar refractivity (Wildman–Crippen MR) is 86.3 cm³/mol. The Hall–Kier alpha value is -1.92. The maximum Gasteiger partial charge on any atom is 0.253 e. The average Bonchev–Trinajstić information content (AvgIpc) is 2.53. The maximum atomic E-state index is 12.6. The van der Waals surface area contributed by atoms with Crippen molar-refractivity contribution in [3.05, 3.63) is 48.0 Å². The number of carbonyl (C=O) groups excluding carboxylic acids is 1. The number of carbonyl (C=O) groups is 1. The van der Waals surface area contributed by atoms with Crippen LogP contribution in [0.1, 0.15) is 10.4 Å². The van der Waals surface area contributed by atoms with E-state index in [1.807, 2.05) is 42.5 Å². The van der Waals surface area contributed by atoms with Gasteiger partial charge in [-0.3, -0.25) is 4.79 Å². The molecule has 116 valence electrons. The summed E-state index contributed by atoms with van der Waals surface area (Å²) < 4.78 is 24.4. The van der Waals surface area contributed by atoms with Crippen molar-refractivity contribution >= 4 is 26.7 Å². The second-order valence-electron chi connectivity index (χ2n) is 5.52. The lowest BCUT2D eigenvalue weighted by molar-refractivity contribution is 0.0698. The molecule has 1 fully saturated rings. The van der Waals surface area contributed by atoms with E-state index in [1.54, 1.807) is 4.90 Å². The van der Waals surface area contributed by atoms with Gasteiger partial charge in [0.05, 0.1) is 6.26 Å². The summed E-state index contributed by atoms with van der Waals surface area (Å²) in [6, 6.07) is 13.6. The molecule has 0 N–H and O–H groups in total. The van der Waals surface area contributed by atoms with Gasteiger partial charge in [-0.1, -0.05) is 30.3 Å². The molecule has 6 heteroatoms. The summed E-state index contributed by atoms with van der Waals surface area (Å²) in [5.41, 5.74) is 0.645. The van der Waals surface area contributed by atoms with Gasteiger partial charge in [0.15, 0.2) is 0 Å². The summed E-state index contributed by atoms with van der Waals surface area (Å²) in [4.78, 5) is 14.3. The molecule has 2 aromatic carbocycles. The van der Waals surface area contributed by atoms with Gasteiger partial charge in [-0.15, -0.1) is 0 Å². The van der Waals surface area contributed by atoms with Crippen LogP contribution in [-0.4, -0.2) is 56.0 Å². The number of hydrogen-bond donors (Lipinski definition) is 0. The van der Waals surface area contributed by atoms with Gasteiger partial charge in [0.25, 0.3) is 5.91 Å². The molecular weight excluding hydrogens is 300 g/mol. The average molecular weight is 318 g/mol. The van der Waals surface area contributed by atoms with Gasteiger partial charge in [0.2, 0.25) is 10.0 Å². The highest BCUT2D eigenvalue weighted by atomic mass is 32.2. The quantitative estimate of drug-likeness (QED) is 0.844. The van der Waals surface area contributed by atoms with Crippen LogP contribution in [0.2, 0.25) is 0 Å². The molecule has 1 amide bonds. The zero-order valence-corrected chi connectivity index (χ0v) is 13.2. The minimum absolute atomic E-state index is 0.0427. The van der Waals surface area contributed by atoms with Gasteiger partial charge in [-0.25, -0.2) is 8.42 Å². The third kappa shape index (κ3) is 2.98. The monoisotopic (exact) mass is 318 g/mol. The van der Waals surface area contributed by atoms with E-state index < -0.39 is 10.0 Å². The van der Waals surface area contributed by atoms with Gasteiger partial charge in [0, 0.05) is 31.7 Å². The molecule has 3 rings (SSSR count). The highest BCUT2D eigenvalue weighted by Crippen LogP contribution is 2.18. The Balaban J connectivity index is 1.76. The van der Waals surface area contributed by atoms with Gasteiger partial charge in [-0.2, -0.15) is 4.31 Å². The van der Waals surface area contributed by atoms with Gasteiger partial charge < -0.3 is 4.90 Å². The van der Waals surface area contributed by atoms with Crippen molar-refractivity contribution in [1.29, 1.82) is 0 Å². The first-order chi connectivity index (χ1) is 10.4. The van der Waals surface area contributed by atoms with Crippen LogP contribution in [0.4, 0.5) is 0 Å². The molecule has 0 aromatic heterocycles. The number of piperazine rings is 1. The molecule has 22 heavy (non-hydrogen) atoms. The van der Waals surface area contributed by atoms with Crippen LogP contribution in [0.3, 0.4) is 0 Å². The molecule has 0 aliphatic carbocycles. The number of rotatable bonds is 2. The Morgan fingerprint density at radius 3 is 2.23 bits per heavy atom. The van der Waals surface area contributed by atoms with Crippen molar-refractivity contribution in [3.8, 4) is 0 Å². The van der Waals surface area contributed by atoms with E-state index in [0.29, 0.717) is 31.7 Å². The van der Waals surface area contributed by atoms with Crippen LogP contribution >= 0.6 is 0 Å². The molecule has 0 radical (unpaired) electrons. The normalized spacial score (nSPS) is 16.9. The molecule has 0 spiro atoms. The standard InChI is InChI=1S/C16H18N2O3S/c1-22(20,21)18-10-8-17(9-11-18)16(19)15-7-6-13-4-2-3-5-14(13)12-15/h2-7,12H,8-11H2,1H3. The molecule has 0 atom stereocenters. The fourth-order valence-corrected chi connectivity index (χ4v) is 3.55. The van der Waals surface area contributed by atoms with Crippen LogP contribution in [0.25, 0.3) is 10.8 Å². The summed E-state index contributed by atoms with van der Waals surface area (Å²) in [6.07, 6.45) is 1.20. The van der Waals surface area contributed by atoms with Crippen LogP contribution in [0.15, 0.2) is 42.5 Å². The fraction of sp³-hybridized carbons (Fsp3) is 0.312. The predicted octanol–water partition coefficient (Wildman–Crippen LogP) is 1.56. The molecule has 1 heterocycles. The second-order valence-corrected chi connectivity index (χ2v) is 7.50. The van der Waals surface area contributed by atoms with Crippen LogP contribution in [-0.2, 0) is 10.0 Å². The van der Waals surface area contributed by atoms with Crippen molar-refractivity contribution in [2.24, 2.45) is 0 Å². The van der Waals surface area contributed by atoms with Crippen LogP contribution < -0.4 is 0 Å². The highest BCUT2D eigenvalue weighted by molar-refractivity contribution is 7.88. The van der Waals surface area contributed by atoms with E-state index in [9.17, 15) is 13.2 Å². The zero-order chi connectivity index (χ0) is 15.7. The molecule has 0 unspecified atom stereocenters. The van der Waals surface area contributed by atoms with Gasteiger partial charge in [-0.05, 0) is 22.9 Å². The van der Waals surface area contributed by atoms with E-state index in [-0.39, 0.29) is 5.91 Å². The molecular formula is C16H18N2O3S. The number of sulfonamides is 1. The Morgan fingerprint density at radius 1 is 0.955 bits per heavy atom. The van der Waals surface area contributed by atoms with Gasteiger partial charge >= 0.3 is 0 Å². The topological polar surface area (TPSA) is 57.7 Å². The summed E-state index contributed by atoms with van der Waals surface area (Å²) in [7, 11) is -3.17. The first-order valence-corrected chi connectivity index (χ1v) is 9.03. The lowest BCUT2D eigenvalue weighted by Crippen LogP contribution is -2.50. The number of nitrogens with zero attached hydrogens (tertiary/aromatic N) is 2. The Kier molecular flexibility index (Phi) is 3.88. The molecule has 2 aromatic rings. The first-order valence-electron chi connectivity index (χ1n) is 7.18. The van der Waals surface area contributed by atoms with Crippen LogP contribution in [0, 0.1) is 0 Å². The maximum absolute atomic E-state index is 12.6. The number of fused-ring (bicyclic) bond motifs is 1. The molecule has 5 nitrogen and oxygen atoms in total. The van der Waals surface area contributed by atoms with E-state index in [1.165, 1.54) is 10.6 Å². The summed E-state index contributed by atoms with van der Waals surface area (Å²) in [5, 5.41) is 2.13. The van der Waals surface area contributed by atoms with Crippen molar-refractivity contribution in [1.82, 2.24) is 9.21 Å². The van der Waals surface area contributed by atoms with E-state index in [2.05, 4.69) is 0 Å². The Morgan fingerprint density at radius 2 is 1.59 bits per heavy atom. The Labute approximate surface area is 130 Å². The zero-order valence-electron chi connectivity index (χ0n) is 12.4. The second kappa shape index (κ2) is 5.70. The Bertz CT molecular complexity index is 809. The third-order valence-electron chi connectivity index (χ3n) is 3.99. The van der Waals surface area contributed by atoms with Crippen LogP contribution in [0.5, 0.6) is 0 Å². The number of benzene rings is 2. The smallest absolute Gasteiger partial charge is 0.253 e. The molecule has 1 aliphatic rings. The summed E-state index contributed by atoms with van der Waals surface area (Å²) >= 11 is 0. The lowest BCUT2D eigenvalue weighted by atomic mass is 10.1. The molecule has 0 saturated carbocycles.